The molecule has 0 radical (unpaired) electrons. The number of hydrogen-bond acceptors (Lipinski definition) is 5. The van der Waals surface area contributed by atoms with Crippen LogP contribution in [0.5, 0.6) is 0 Å². The Morgan fingerprint density at radius 1 is 1.33 bits per heavy atom. The molecule has 6 heteroatoms. The Kier molecular flexibility index (Phi) is 4.12. The van der Waals surface area contributed by atoms with Gasteiger partial charge in [0.25, 0.3) is 0 Å². The second-order valence-electron chi connectivity index (χ2n) is 6.96. The second-order valence-corrected chi connectivity index (χ2v) is 6.96. The molecule has 0 aromatic rings. The number of rotatable bonds is 2. The van der Waals surface area contributed by atoms with E-state index >= 15 is 0 Å². The van der Waals surface area contributed by atoms with Crippen molar-refractivity contribution in [1.29, 1.82) is 0 Å². The molecule has 0 aromatic carbocycles. The first kappa shape index (κ1) is 15.1. The highest BCUT2D eigenvalue weighted by Gasteiger charge is 2.50. The third-order valence-corrected chi connectivity index (χ3v) is 5.05. The van der Waals surface area contributed by atoms with Crippen LogP contribution in [0.2, 0.25) is 0 Å². The van der Waals surface area contributed by atoms with E-state index in [0.29, 0.717) is 18.0 Å². The van der Waals surface area contributed by atoms with Crippen LogP contribution in [0, 0.1) is 5.92 Å². The van der Waals surface area contributed by atoms with Crippen LogP contribution in [0.3, 0.4) is 0 Å². The van der Waals surface area contributed by atoms with Crippen LogP contribution in [0.1, 0.15) is 27.2 Å². The summed E-state index contributed by atoms with van der Waals surface area (Å²) in [7, 11) is 0. The van der Waals surface area contributed by atoms with Gasteiger partial charge < -0.3 is 20.1 Å². The molecule has 0 aliphatic carbocycles. The van der Waals surface area contributed by atoms with Crippen molar-refractivity contribution in [1.82, 2.24) is 9.80 Å². The van der Waals surface area contributed by atoms with E-state index in [0.717, 1.165) is 32.7 Å². The first-order valence-electron chi connectivity index (χ1n) is 8.04. The molecule has 3 saturated heterocycles. The minimum absolute atomic E-state index is 0.0553. The van der Waals surface area contributed by atoms with Crippen molar-refractivity contribution >= 4 is 6.09 Å². The van der Waals surface area contributed by atoms with Gasteiger partial charge in [0, 0.05) is 37.6 Å². The summed E-state index contributed by atoms with van der Waals surface area (Å²) in [6, 6.07) is 0.820. The van der Waals surface area contributed by atoms with Gasteiger partial charge in [-0.15, -0.1) is 0 Å². The third-order valence-electron chi connectivity index (χ3n) is 5.05. The number of nitrogens with zero attached hydrogens (tertiary/aromatic N) is 2. The fourth-order valence-electron chi connectivity index (χ4n) is 3.66. The van der Waals surface area contributed by atoms with E-state index in [-0.39, 0.29) is 24.3 Å². The summed E-state index contributed by atoms with van der Waals surface area (Å²) in [5, 5.41) is 0. The Morgan fingerprint density at radius 2 is 2.10 bits per heavy atom. The van der Waals surface area contributed by atoms with E-state index in [4.69, 9.17) is 15.2 Å². The Hall–Kier alpha value is -0.850. The van der Waals surface area contributed by atoms with E-state index in [9.17, 15) is 4.79 Å². The smallest absolute Gasteiger partial charge is 0.410 e. The van der Waals surface area contributed by atoms with Crippen molar-refractivity contribution in [2.24, 2.45) is 11.7 Å². The SMILES string of the molecule is CC(C)OC(=O)N1CC2CN(C3CO[C@H](C)C(N)C3)CC21. The lowest BCUT2D eigenvalue weighted by Crippen LogP contribution is -2.58. The molecule has 3 rings (SSSR count). The minimum atomic E-state index is -0.168. The van der Waals surface area contributed by atoms with Crippen molar-refractivity contribution in [2.45, 2.75) is 57.5 Å². The van der Waals surface area contributed by atoms with Gasteiger partial charge in [-0.3, -0.25) is 4.90 Å². The Morgan fingerprint density at radius 3 is 2.76 bits per heavy atom. The predicted molar refractivity (Wildman–Crippen MR) is 79.0 cm³/mol. The summed E-state index contributed by atoms with van der Waals surface area (Å²) in [6.07, 6.45) is 0.911. The number of likely N-dealkylation sites (tertiary alicyclic amines) is 2. The highest BCUT2D eigenvalue weighted by molar-refractivity contribution is 5.69. The zero-order chi connectivity index (χ0) is 15.1. The maximum Gasteiger partial charge on any atom is 0.410 e. The topological polar surface area (TPSA) is 68.0 Å². The van der Waals surface area contributed by atoms with Gasteiger partial charge in [-0.1, -0.05) is 0 Å². The fourth-order valence-corrected chi connectivity index (χ4v) is 3.66. The van der Waals surface area contributed by atoms with Gasteiger partial charge in [0.05, 0.1) is 24.9 Å². The van der Waals surface area contributed by atoms with Crippen LogP contribution in [0.4, 0.5) is 4.79 Å². The molecule has 4 unspecified atom stereocenters. The van der Waals surface area contributed by atoms with Crippen LogP contribution >= 0.6 is 0 Å². The molecule has 21 heavy (non-hydrogen) atoms. The van der Waals surface area contributed by atoms with Gasteiger partial charge in [0.1, 0.15) is 0 Å². The Balaban J connectivity index is 1.53. The predicted octanol–water partition coefficient (Wildman–Crippen LogP) is 0.652. The van der Waals surface area contributed by atoms with Gasteiger partial charge in [0.15, 0.2) is 0 Å². The summed E-state index contributed by atoms with van der Waals surface area (Å²) < 4.78 is 11.1. The standard InChI is InChI=1S/C15H27N3O3/c1-9(2)21-15(19)18-6-11-5-17(7-14(11)18)12-4-13(16)10(3)20-8-12/h9-14H,4-8,16H2,1-3H3/t10-,11?,12?,13?,14?/m1/s1. The lowest BCUT2D eigenvalue weighted by molar-refractivity contribution is -0.0351. The van der Waals surface area contributed by atoms with E-state index in [1.807, 2.05) is 25.7 Å². The minimum Gasteiger partial charge on any atom is -0.447 e. The number of carbonyl (C=O) groups excluding carboxylic acids is 1. The highest BCUT2D eigenvalue weighted by atomic mass is 16.6. The largest absolute Gasteiger partial charge is 0.447 e. The maximum absolute atomic E-state index is 12.0. The Labute approximate surface area is 126 Å². The third kappa shape index (κ3) is 2.89. The van der Waals surface area contributed by atoms with Crippen molar-refractivity contribution < 1.29 is 14.3 Å². The molecular weight excluding hydrogens is 270 g/mol. The van der Waals surface area contributed by atoms with Crippen LogP contribution in [0.15, 0.2) is 0 Å². The van der Waals surface area contributed by atoms with Crippen LogP contribution in [-0.2, 0) is 9.47 Å². The first-order valence-corrected chi connectivity index (χ1v) is 8.04. The first-order chi connectivity index (χ1) is 9.95. The molecule has 2 N–H and O–H groups in total. The molecule has 3 aliphatic heterocycles. The number of amides is 1. The summed E-state index contributed by atoms with van der Waals surface area (Å²) in [6.45, 7) is 9.36. The van der Waals surface area contributed by atoms with Gasteiger partial charge in [-0.25, -0.2) is 4.79 Å². The zero-order valence-electron chi connectivity index (χ0n) is 13.2. The van der Waals surface area contributed by atoms with Crippen molar-refractivity contribution in [3.05, 3.63) is 0 Å². The van der Waals surface area contributed by atoms with Gasteiger partial charge in [-0.2, -0.15) is 0 Å². The molecule has 3 heterocycles. The van der Waals surface area contributed by atoms with Crippen molar-refractivity contribution in [3.63, 3.8) is 0 Å². The molecule has 3 aliphatic rings. The van der Waals surface area contributed by atoms with Gasteiger partial charge in [-0.05, 0) is 27.2 Å². The highest BCUT2D eigenvalue weighted by Crippen LogP contribution is 2.35. The lowest BCUT2D eigenvalue weighted by atomic mass is 9.93. The summed E-state index contributed by atoms with van der Waals surface area (Å²) in [4.78, 5) is 16.3. The quantitative estimate of drug-likeness (QED) is 0.810. The van der Waals surface area contributed by atoms with Crippen LogP contribution in [-0.4, -0.2) is 72.5 Å². The van der Waals surface area contributed by atoms with Gasteiger partial charge in [0.2, 0.25) is 0 Å². The lowest BCUT2D eigenvalue weighted by Gasteiger charge is -2.42. The molecule has 0 spiro atoms. The molecule has 5 atom stereocenters. The number of ether oxygens (including phenoxy) is 2. The maximum atomic E-state index is 12.0. The molecule has 6 nitrogen and oxygen atoms in total. The molecule has 1 amide bonds. The van der Waals surface area contributed by atoms with Crippen LogP contribution < -0.4 is 5.73 Å². The average molecular weight is 297 g/mol. The molecule has 0 bridgehead atoms. The molecule has 3 fully saturated rings. The monoisotopic (exact) mass is 297 g/mol. The number of fused-ring (bicyclic) bond motifs is 1. The average Bonchev–Trinajstić information content (AvgIpc) is 2.70. The zero-order valence-corrected chi connectivity index (χ0v) is 13.2. The van der Waals surface area contributed by atoms with E-state index in [1.165, 1.54) is 0 Å². The number of carbonyl (C=O) groups is 1. The van der Waals surface area contributed by atoms with E-state index < -0.39 is 0 Å². The normalized spacial score (nSPS) is 40.0. The second kappa shape index (κ2) is 5.74. The van der Waals surface area contributed by atoms with Gasteiger partial charge >= 0.3 is 6.09 Å². The van der Waals surface area contributed by atoms with E-state index in [2.05, 4.69) is 4.90 Å². The van der Waals surface area contributed by atoms with Crippen molar-refractivity contribution in [3.8, 4) is 0 Å². The molecular formula is C15H27N3O3. The summed E-state index contributed by atoms with van der Waals surface area (Å²) in [5.41, 5.74) is 6.12. The van der Waals surface area contributed by atoms with Crippen LogP contribution in [0.25, 0.3) is 0 Å². The van der Waals surface area contributed by atoms with Crippen molar-refractivity contribution in [2.75, 3.05) is 26.2 Å². The van der Waals surface area contributed by atoms with E-state index in [1.54, 1.807) is 0 Å². The summed E-state index contributed by atoms with van der Waals surface area (Å²) in [5.74, 6) is 0.584. The molecule has 0 aromatic heterocycles. The fraction of sp³-hybridized carbons (Fsp3) is 0.933. The Bertz CT molecular complexity index is 404. The molecule has 120 valence electrons. The summed E-state index contributed by atoms with van der Waals surface area (Å²) >= 11 is 0. The number of nitrogens with two attached hydrogens (primary N) is 1. The number of hydrogen-bond donors (Lipinski definition) is 1. The molecule has 0 saturated carbocycles.